The van der Waals surface area contributed by atoms with Crippen LogP contribution in [0.2, 0.25) is 0 Å². The molecule has 166 valence electrons. The van der Waals surface area contributed by atoms with E-state index in [1.54, 1.807) is 29.2 Å². The number of hydrogen-bond acceptors (Lipinski definition) is 5. The molecule has 0 saturated carbocycles. The van der Waals surface area contributed by atoms with Crippen molar-refractivity contribution in [2.24, 2.45) is 11.0 Å². The lowest BCUT2D eigenvalue weighted by Gasteiger charge is -2.32. The van der Waals surface area contributed by atoms with E-state index in [1.165, 1.54) is 0 Å². The average Bonchev–Trinajstić information content (AvgIpc) is 2.84. The summed E-state index contributed by atoms with van der Waals surface area (Å²) in [6.07, 6.45) is 3.50. The largest absolute Gasteiger partial charge is 0.457 e. The van der Waals surface area contributed by atoms with Crippen LogP contribution in [0.1, 0.15) is 48.9 Å². The zero-order valence-corrected chi connectivity index (χ0v) is 18.0. The quantitative estimate of drug-likeness (QED) is 0.670. The van der Waals surface area contributed by atoms with Gasteiger partial charge in [-0.2, -0.15) is 5.10 Å². The number of Topliss-reactive ketones (excluding diaryl/α,β-unsaturated/α-hetero) is 1. The molecule has 7 heteroatoms. The molecule has 1 N–H and O–H groups in total. The molecule has 0 radical (unpaired) electrons. The second-order valence-electron chi connectivity index (χ2n) is 8.20. The number of piperidine rings is 1. The highest BCUT2D eigenvalue weighted by molar-refractivity contribution is 5.98. The summed E-state index contributed by atoms with van der Waals surface area (Å²) in [7, 11) is 0. The van der Waals surface area contributed by atoms with E-state index >= 15 is 0 Å². The number of ketones is 1. The van der Waals surface area contributed by atoms with Gasteiger partial charge in [0.05, 0.1) is 0 Å². The van der Waals surface area contributed by atoms with Crippen molar-refractivity contribution in [2.75, 3.05) is 13.1 Å². The third kappa shape index (κ3) is 5.60. The van der Waals surface area contributed by atoms with Crippen molar-refractivity contribution in [1.29, 1.82) is 0 Å². The molecule has 2 aliphatic rings. The number of carbonyl (C=O) groups is 3. The molecule has 0 aromatic heterocycles. The Hall–Kier alpha value is -3.48. The third-order valence-electron chi connectivity index (χ3n) is 5.87. The number of rotatable bonds is 7. The van der Waals surface area contributed by atoms with Crippen molar-refractivity contribution >= 4 is 23.3 Å². The van der Waals surface area contributed by atoms with E-state index in [4.69, 9.17) is 4.74 Å². The van der Waals surface area contributed by atoms with Gasteiger partial charge in [-0.15, -0.1) is 0 Å². The van der Waals surface area contributed by atoms with E-state index in [1.807, 2.05) is 30.3 Å². The lowest BCUT2D eigenvalue weighted by molar-refractivity contribution is -0.132. The Bertz CT molecular complexity index is 1000. The van der Waals surface area contributed by atoms with Gasteiger partial charge in [0.2, 0.25) is 11.8 Å². The number of para-hydroxylation sites is 1. The molecular weight excluding hydrogens is 406 g/mol. The van der Waals surface area contributed by atoms with Crippen LogP contribution in [0.15, 0.2) is 59.7 Å². The second kappa shape index (κ2) is 10.2. The number of nitrogens with one attached hydrogen (secondary N) is 1. The number of nitrogens with zero attached hydrogens (tertiary/aromatic N) is 2. The Kier molecular flexibility index (Phi) is 6.94. The number of carbonyl (C=O) groups excluding carboxylic acids is 3. The van der Waals surface area contributed by atoms with Crippen molar-refractivity contribution in [1.82, 2.24) is 10.3 Å². The molecule has 32 heavy (non-hydrogen) atoms. The average molecular weight is 434 g/mol. The van der Waals surface area contributed by atoms with Crippen LogP contribution >= 0.6 is 0 Å². The Balaban J connectivity index is 1.31. The fraction of sp³-hybridized carbons (Fsp3) is 0.360. The molecule has 0 bridgehead atoms. The maximum absolute atomic E-state index is 13.0. The van der Waals surface area contributed by atoms with Crippen LogP contribution < -0.4 is 10.2 Å². The highest BCUT2D eigenvalue weighted by Crippen LogP contribution is 2.25. The maximum atomic E-state index is 13.0. The van der Waals surface area contributed by atoms with Crippen LogP contribution in [0, 0.1) is 5.92 Å². The van der Waals surface area contributed by atoms with Crippen molar-refractivity contribution < 1.29 is 19.1 Å². The number of ether oxygens (including phenoxy) is 1. The summed E-state index contributed by atoms with van der Waals surface area (Å²) in [5, 5.41) is 4.03. The highest BCUT2D eigenvalue weighted by atomic mass is 16.5. The molecule has 2 amide bonds. The van der Waals surface area contributed by atoms with Gasteiger partial charge in [-0.05, 0) is 62.1 Å². The van der Waals surface area contributed by atoms with Gasteiger partial charge in [0.25, 0.3) is 0 Å². The molecule has 0 aliphatic carbocycles. The van der Waals surface area contributed by atoms with Crippen LogP contribution in [0.5, 0.6) is 11.5 Å². The molecular formula is C25H27N3O4. The summed E-state index contributed by atoms with van der Waals surface area (Å²) in [6, 6.07) is 16.7. The zero-order chi connectivity index (χ0) is 22.3. The minimum absolute atomic E-state index is 0.0358. The molecule has 2 heterocycles. The SMILES string of the molecule is O=C1CCC(CCC(=O)N2CCC[C@@H](C(=O)c3ccc(Oc4ccccc4)cc3)C2)=NN1. The Morgan fingerprint density at radius 3 is 2.50 bits per heavy atom. The molecule has 0 spiro atoms. The number of amides is 2. The van der Waals surface area contributed by atoms with Crippen molar-refractivity contribution in [3.05, 3.63) is 60.2 Å². The van der Waals surface area contributed by atoms with Gasteiger partial charge in [0.15, 0.2) is 5.78 Å². The summed E-state index contributed by atoms with van der Waals surface area (Å²) < 4.78 is 5.79. The molecule has 2 aromatic rings. The summed E-state index contributed by atoms with van der Waals surface area (Å²) in [4.78, 5) is 38.7. The van der Waals surface area contributed by atoms with Crippen LogP contribution in [-0.4, -0.2) is 41.3 Å². The van der Waals surface area contributed by atoms with Gasteiger partial charge < -0.3 is 9.64 Å². The van der Waals surface area contributed by atoms with Crippen LogP contribution in [-0.2, 0) is 9.59 Å². The fourth-order valence-corrected chi connectivity index (χ4v) is 4.07. The van der Waals surface area contributed by atoms with E-state index in [2.05, 4.69) is 10.5 Å². The van der Waals surface area contributed by atoms with Gasteiger partial charge in [0, 0.05) is 43.1 Å². The molecule has 2 aliphatic heterocycles. The highest BCUT2D eigenvalue weighted by Gasteiger charge is 2.29. The van der Waals surface area contributed by atoms with Gasteiger partial charge in [-0.1, -0.05) is 18.2 Å². The van der Waals surface area contributed by atoms with E-state index in [0.29, 0.717) is 50.1 Å². The standard InChI is InChI=1S/C25H27N3O4/c29-23-14-10-20(26-27-23)11-15-24(30)28-16-4-5-19(17-28)25(31)18-8-12-22(13-9-18)32-21-6-2-1-3-7-21/h1-3,6-9,12-13,19H,4-5,10-11,14-17H2,(H,27,29)/t19-/m1/s1. The number of hydrazone groups is 1. The first-order valence-electron chi connectivity index (χ1n) is 11.1. The van der Waals surface area contributed by atoms with Crippen LogP contribution in [0.25, 0.3) is 0 Å². The summed E-state index contributed by atoms with van der Waals surface area (Å²) in [6.45, 7) is 1.12. The number of likely N-dealkylation sites (tertiary alicyclic amines) is 1. The zero-order valence-electron chi connectivity index (χ0n) is 18.0. The first kappa shape index (κ1) is 21.7. The van der Waals surface area contributed by atoms with Crippen molar-refractivity contribution in [3.63, 3.8) is 0 Å². The minimum atomic E-state index is -0.195. The summed E-state index contributed by atoms with van der Waals surface area (Å²) in [5.74, 6) is 1.24. The predicted molar refractivity (Wildman–Crippen MR) is 121 cm³/mol. The molecule has 7 nitrogen and oxygen atoms in total. The fourth-order valence-electron chi connectivity index (χ4n) is 4.07. The lowest BCUT2D eigenvalue weighted by atomic mass is 9.89. The number of hydrogen-bond donors (Lipinski definition) is 1. The molecule has 4 rings (SSSR count). The Labute approximate surface area is 187 Å². The van der Waals surface area contributed by atoms with E-state index in [0.717, 1.165) is 24.3 Å². The Morgan fingerprint density at radius 1 is 1.03 bits per heavy atom. The summed E-state index contributed by atoms with van der Waals surface area (Å²) in [5.41, 5.74) is 3.95. The monoisotopic (exact) mass is 433 g/mol. The maximum Gasteiger partial charge on any atom is 0.240 e. The predicted octanol–water partition coefficient (Wildman–Crippen LogP) is 3.95. The third-order valence-corrected chi connectivity index (χ3v) is 5.87. The van der Waals surface area contributed by atoms with Gasteiger partial charge in [0.1, 0.15) is 11.5 Å². The second-order valence-corrected chi connectivity index (χ2v) is 8.20. The van der Waals surface area contributed by atoms with E-state index < -0.39 is 0 Å². The molecule has 1 atom stereocenters. The van der Waals surface area contributed by atoms with E-state index in [9.17, 15) is 14.4 Å². The Morgan fingerprint density at radius 2 is 1.78 bits per heavy atom. The molecule has 0 unspecified atom stereocenters. The van der Waals surface area contributed by atoms with Crippen molar-refractivity contribution in [3.8, 4) is 11.5 Å². The summed E-state index contributed by atoms with van der Waals surface area (Å²) >= 11 is 0. The van der Waals surface area contributed by atoms with Crippen LogP contribution in [0.3, 0.4) is 0 Å². The normalized spacial score (nSPS) is 18.5. The topological polar surface area (TPSA) is 88.1 Å². The number of benzene rings is 2. The molecule has 1 saturated heterocycles. The van der Waals surface area contributed by atoms with E-state index in [-0.39, 0.29) is 23.5 Å². The van der Waals surface area contributed by atoms with Crippen molar-refractivity contribution in [2.45, 2.75) is 38.5 Å². The minimum Gasteiger partial charge on any atom is -0.457 e. The molecule has 1 fully saturated rings. The lowest BCUT2D eigenvalue weighted by Crippen LogP contribution is -2.42. The first-order valence-corrected chi connectivity index (χ1v) is 11.1. The molecule has 2 aromatic carbocycles. The first-order chi connectivity index (χ1) is 15.6. The van der Waals surface area contributed by atoms with Gasteiger partial charge >= 0.3 is 0 Å². The van der Waals surface area contributed by atoms with Gasteiger partial charge in [-0.25, -0.2) is 5.43 Å². The van der Waals surface area contributed by atoms with Gasteiger partial charge in [-0.3, -0.25) is 14.4 Å². The smallest absolute Gasteiger partial charge is 0.240 e. The van der Waals surface area contributed by atoms with Crippen LogP contribution in [0.4, 0.5) is 0 Å².